The number of rotatable bonds is 4. The lowest BCUT2D eigenvalue weighted by atomic mass is 9.97. The molecule has 30 heavy (non-hydrogen) atoms. The van der Waals surface area contributed by atoms with Crippen molar-refractivity contribution in [3.05, 3.63) is 76.6 Å². The third-order valence-electron chi connectivity index (χ3n) is 5.14. The SMILES string of the molecule is CCCc1ccc2c(c1)Cc1c-2ccc(-c2cc(F)c(OC(F)(F)F)c(F)c2)c1F. The summed E-state index contributed by atoms with van der Waals surface area (Å²) in [6.45, 7) is 2.07. The Hall–Kier alpha value is -2.96. The number of hydrogen-bond donors (Lipinski definition) is 0. The smallest absolute Gasteiger partial charge is 0.399 e. The molecule has 0 unspecified atom stereocenters. The predicted molar refractivity (Wildman–Crippen MR) is 101 cm³/mol. The molecule has 0 saturated carbocycles. The number of fused-ring (bicyclic) bond motifs is 3. The lowest BCUT2D eigenvalue weighted by Crippen LogP contribution is -2.19. The van der Waals surface area contributed by atoms with E-state index in [0.717, 1.165) is 29.5 Å². The predicted octanol–water partition coefficient (Wildman–Crippen LogP) is 7.19. The van der Waals surface area contributed by atoms with E-state index in [0.29, 0.717) is 29.7 Å². The fraction of sp³-hybridized carbons (Fsp3) is 0.217. The highest BCUT2D eigenvalue weighted by atomic mass is 19.4. The van der Waals surface area contributed by atoms with Crippen molar-refractivity contribution in [2.24, 2.45) is 0 Å². The van der Waals surface area contributed by atoms with Gasteiger partial charge in [-0.15, -0.1) is 13.2 Å². The van der Waals surface area contributed by atoms with Gasteiger partial charge in [0.1, 0.15) is 5.82 Å². The Balaban J connectivity index is 1.73. The van der Waals surface area contributed by atoms with E-state index in [9.17, 15) is 22.0 Å². The van der Waals surface area contributed by atoms with Crippen molar-refractivity contribution in [3.8, 4) is 28.0 Å². The average molecular weight is 422 g/mol. The van der Waals surface area contributed by atoms with Gasteiger partial charge >= 0.3 is 6.36 Å². The lowest BCUT2D eigenvalue weighted by Gasteiger charge is -2.13. The largest absolute Gasteiger partial charge is 0.573 e. The van der Waals surface area contributed by atoms with E-state index in [-0.39, 0.29) is 11.1 Å². The summed E-state index contributed by atoms with van der Waals surface area (Å²) >= 11 is 0. The van der Waals surface area contributed by atoms with Gasteiger partial charge in [-0.2, -0.15) is 0 Å². The Labute approximate surface area is 168 Å². The van der Waals surface area contributed by atoms with Crippen molar-refractivity contribution in [1.29, 1.82) is 0 Å². The van der Waals surface area contributed by atoms with E-state index in [1.807, 2.05) is 18.2 Å². The number of aryl methyl sites for hydroxylation is 1. The van der Waals surface area contributed by atoms with Crippen molar-refractivity contribution in [2.75, 3.05) is 0 Å². The maximum absolute atomic E-state index is 15.3. The van der Waals surface area contributed by atoms with Crippen LogP contribution in [0.15, 0.2) is 42.5 Å². The lowest BCUT2D eigenvalue weighted by molar-refractivity contribution is -0.276. The van der Waals surface area contributed by atoms with Crippen molar-refractivity contribution in [2.45, 2.75) is 32.5 Å². The highest BCUT2D eigenvalue weighted by molar-refractivity contribution is 5.81. The summed E-state index contributed by atoms with van der Waals surface area (Å²) < 4.78 is 83.8. The summed E-state index contributed by atoms with van der Waals surface area (Å²) in [7, 11) is 0. The molecule has 0 fully saturated rings. The Morgan fingerprint density at radius 3 is 2.13 bits per heavy atom. The number of benzene rings is 3. The summed E-state index contributed by atoms with van der Waals surface area (Å²) in [5, 5.41) is 0. The zero-order valence-corrected chi connectivity index (χ0v) is 15.8. The van der Waals surface area contributed by atoms with Gasteiger partial charge in [-0.1, -0.05) is 43.7 Å². The molecule has 0 N–H and O–H groups in total. The summed E-state index contributed by atoms with van der Waals surface area (Å²) in [6.07, 6.45) is -3.02. The summed E-state index contributed by atoms with van der Waals surface area (Å²) in [5.74, 6) is -5.34. The van der Waals surface area contributed by atoms with Crippen LogP contribution in [0, 0.1) is 17.5 Å². The van der Waals surface area contributed by atoms with Crippen LogP contribution in [-0.4, -0.2) is 6.36 Å². The van der Waals surface area contributed by atoms with Gasteiger partial charge in [0.2, 0.25) is 5.75 Å². The van der Waals surface area contributed by atoms with Gasteiger partial charge in [-0.3, -0.25) is 0 Å². The highest BCUT2D eigenvalue weighted by Crippen LogP contribution is 2.42. The highest BCUT2D eigenvalue weighted by Gasteiger charge is 2.34. The maximum atomic E-state index is 15.3. The van der Waals surface area contributed by atoms with E-state index in [1.54, 1.807) is 6.07 Å². The first-order valence-corrected chi connectivity index (χ1v) is 9.36. The normalized spacial score (nSPS) is 12.6. The van der Waals surface area contributed by atoms with Gasteiger partial charge in [0.05, 0.1) is 0 Å². The second-order valence-corrected chi connectivity index (χ2v) is 7.19. The Kier molecular flexibility index (Phi) is 5.00. The number of halogens is 6. The van der Waals surface area contributed by atoms with Gasteiger partial charge in [0, 0.05) is 17.5 Å². The quantitative estimate of drug-likeness (QED) is 0.316. The van der Waals surface area contributed by atoms with Crippen LogP contribution in [-0.2, 0) is 12.8 Å². The number of ether oxygens (including phenoxy) is 1. The molecule has 0 spiro atoms. The molecule has 3 aromatic rings. The van der Waals surface area contributed by atoms with E-state index in [2.05, 4.69) is 11.7 Å². The van der Waals surface area contributed by atoms with Crippen LogP contribution in [0.1, 0.15) is 30.0 Å². The van der Waals surface area contributed by atoms with Crippen LogP contribution in [0.25, 0.3) is 22.3 Å². The molecule has 1 aliphatic rings. The minimum Gasteiger partial charge on any atom is -0.399 e. The van der Waals surface area contributed by atoms with Crippen LogP contribution < -0.4 is 4.74 Å². The second-order valence-electron chi connectivity index (χ2n) is 7.19. The van der Waals surface area contributed by atoms with Crippen LogP contribution in [0.2, 0.25) is 0 Å². The van der Waals surface area contributed by atoms with Gasteiger partial charge < -0.3 is 4.74 Å². The van der Waals surface area contributed by atoms with E-state index in [4.69, 9.17) is 0 Å². The molecule has 7 heteroatoms. The Morgan fingerprint density at radius 2 is 1.50 bits per heavy atom. The Morgan fingerprint density at radius 1 is 0.867 bits per heavy atom. The molecule has 0 atom stereocenters. The third kappa shape index (κ3) is 3.64. The molecular formula is C23H16F6O. The number of hydrogen-bond acceptors (Lipinski definition) is 1. The minimum atomic E-state index is -5.25. The van der Waals surface area contributed by atoms with E-state index in [1.165, 1.54) is 6.07 Å². The zero-order valence-electron chi connectivity index (χ0n) is 15.8. The van der Waals surface area contributed by atoms with Crippen LogP contribution in [0.4, 0.5) is 26.3 Å². The molecule has 0 aromatic heterocycles. The van der Waals surface area contributed by atoms with Gasteiger partial charge in [-0.05, 0) is 46.4 Å². The van der Waals surface area contributed by atoms with Gasteiger partial charge in [-0.25, -0.2) is 13.2 Å². The fourth-order valence-corrected chi connectivity index (χ4v) is 3.89. The van der Waals surface area contributed by atoms with Crippen LogP contribution >= 0.6 is 0 Å². The summed E-state index contributed by atoms with van der Waals surface area (Å²) in [6, 6.07) is 10.3. The van der Waals surface area contributed by atoms with Crippen molar-refractivity contribution in [3.63, 3.8) is 0 Å². The molecule has 1 nitrogen and oxygen atoms in total. The average Bonchev–Trinajstić information content (AvgIpc) is 3.03. The molecule has 0 heterocycles. The summed E-state index contributed by atoms with van der Waals surface area (Å²) in [4.78, 5) is 0. The molecule has 0 aliphatic heterocycles. The molecule has 156 valence electrons. The first-order valence-electron chi connectivity index (χ1n) is 9.36. The van der Waals surface area contributed by atoms with Crippen molar-refractivity contribution >= 4 is 0 Å². The van der Waals surface area contributed by atoms with Crippen LogP contribution in [0.5, 0.6) is 5.75 Å². The monoisotopic (exact) mass is 422 g/mol. The molecule has 0 radical (unpaired) electrons. The zero-order chi connectivity index (χ0) is 21.6. The third-order valence-corrected chi connectivity index (χ3v) is 5.14. The second kappa shape index (κ2) is 7.38. The standard InChI is InChI=1S/C23H16F6O/c1-2-3-12-4-5-15-13(8-12)9-18-17(15)7-6-16(21(18)26)14-10-19(24)22(20(25)11-14)30-23(27,28)29/h4-8,10-11H,2-3,9H2,1H3. The first kappa shape index (κ1) is 20.3. The number of alkyl halides is 3. The Bertz CT molecular complexity index is 1110. The van der Waals surface area contributed by atoms with E-state index < -0.39 is 29.6 Å². The minimum absolute atomic E-state index is 0.0910. The fourth-order valence-electron chi connectivity index (χ4n) is 3.89. The molecular weight excluding hydrogens is 406 g/mol. The van der Waals surface area contributed by atoms with Crippen molar-refractivity contribution < 1.29 is 31.1 Å². The molecule has 0 bridgehead atoms. The maximum Gasteiger partial charge on any atom is 0.573 e. The molecule has 1 aliphatic carbocycles. The van der Waals surface area contributed by atoms with Crippen LogP contribution in [0.3, 0.4) is 0 Å². The van der Waals surface area contributed by atoms with Gasteiger partial charge in [0.25, 0.3) is 0 Å². The summed E-state index contributed by atoms with van der Waals surface area (Å²) in [5.41, 5.74) is 3.82. The topological polar surface area (TPSA) is 9.23 Å². The first-order chi connectivity index (χ1) is 14.2. The van der Waals surface area contributed by atoms with Gasteiger partial charge in [0.15, 0.2) is 11.6 Å². The molecule has 0 amide bonds. The molecule has 3 aromatic carbocycles. The molecule has 0 saturated heterocycles. The van der Waals surface area contributed by atoms with E-state index >= 15 is 4.39 Å². The molecule has 4 rings (SSSR count). The van der Waals surface area contributed by atoms with Crippen molar-refractivity contribution in [1.82, 2.24) is 0 Å².